The zero-order valence-electron chi connectivity index (χ0n) is 13.0. The molecule has 0 atom stereocenters. The number of halogens is 1. The number of hydrogen-bond donors (Lipinski definition) is 0. The predicted octanol–water partition coefficient (Wildman–Crippen LogP) is 4.68. The highest BCUT2D eigenvalue weighted by atomic mass is 28.4. The van der Waals surface area contributed by atoms with Crippen LogP contribution in [-0.4, -0.2) is 21.8 Å². The van der Waals surface area contributed by atoms with Crippen molar-refractivity contribution in [2.45, 2.75) is 52.1 Å². The summed E-state index contributed by atoms with van der Waals surface area (Å²) in [6.07, 6.45) is 4.29. The van der Waals surface area contributed by atoms with Crippen LogP contribution >= 0.6 is 0 Å². The molecule has 1 aromatic rings. The summed E-state index contributed by atoms with van der Waals surface area (Å²) in [5.74, 6) is -0.143. The van der Waals surface area contributed by atoms with Crippen molar-refractivity contribution in [3.05, 3.63) is 35.6 Å². The Labute approximate surface area is 123 Å². The molecule has 0 aliphatic rings. The Morgan fingerprint density at radius 1 is 1.05 bits per heavy atom. The number of rotatable bonds is 10. The first kappa shape index (κ1) is 17.3. The van der Waals surface area contributed by atoms with Crippen LogP contribution in [-0.2, 0) is 15.3 Å². The monoisotopic (exact) mass is 298 g/mol. The maximum Gasteiger partial charge on any atom is 0.334 e. The van der Waals surface area contributed by atoms with E-state index in [0.29, 0.717) is 0 Å². The smallest absolute Gasteiger partial charge is 0.334 e. The van der Waals surface area contributed by atoms with Crippen molar-refractivity contribution in [3.63, 3.8) is 0 Å². The number of hydrogen-bond acceptors (Lipinski definition) is 2. The van der Waals surface area contributed by atoms with E-state index in [0.717, 1.165) is 50.5 Å². The molecule has 0 radical (unpaired) electrons. The summed E-state index contributed by atoms with van der Waals surface area (Å²) in [6.45, 7) is 7.65. The zero-order chi connectivity index (χ0) is 14.8. The van der Waals surface area contributed by atoms with E-state index < -0.39 is 8.56 Å². The first-order valence-corrected chi connectivity index (χ1v) is 10.1. The van der Waals surface area contributed by atoms with Crippen molar-refractivity contribution in [1.29, 1.82) is 0 Å². The van der Waals surface area contributed by atoms with Gasteiger partial charge in [0, 0.05) is 13.2 Å². The van der Waals surface area contributed by atoms with Gasteiger partial charge in [-0.25, -0.2) is 4.39 Å². The molecule has 2 nitrogen and oxygen atoms in total. The average molecular weight is 298 g/mol. The third kappa shape index (κ3) is 6.64. The summed E-state index contributed by atoms with van der Waals surface area (Å²) in [6, 6.07) is 7.92. The van der Waals surface area contributed by atoms with Crippen LogP contribution in [0, 0.1) is 5.82 Å². The molecule has 114 valence electrons. The molecule has 1 rings (SSSR count). The first-order valence-electron chi connectivity index (χ1n) is 7.62. The second-order valence-electron chi connectivity index (χ2n) is 5.19. The Morgan fingerprint density at radius 2 is 1.75 bits per heavy atom. The summed E-state index contributed by atoms with van der Waals surface area (Å²) >= 11 is 0. The normalized spacial score (nSPS) is 11.8. The molecule has 0 aliphatic carbocycles. The van der Waals surface area contributed by atoms with Crippen LogP contribution in [0.4, 0.5) is 4.39 Å². The molecular weight excluding hydrogens is 271 g/mol. The molecule has 0 bridgehead atoms. The van der Waals surface area contributed by atoms with Crippen LogP contribution in [0.25, 0.3) is 0 Å². The molecule has 20 heavy (non-hydrogen) atoms. The quantitative estimate of drug-likeness (QED) is 0.461. The van der Waals surface area contributed by atoms with E-state index in [9.17, 15) is 4.39 Å². The SMILES string of the molecule is CCO[Si](C)(CCCCCc1cccc(F)c1)OCC. The maximum absolute atomic E-state index is 13.0. The maximum atomic E-state index is 13.0. The largest absolute Gasteiger partial charge is 0.395 e. The van der Waals surface area contributed by atoms with E-state index in [4.69, 9.17) is 8.85 Å². The molecule has 0 saturated carbocycles. The Kier molecular flexibility index (Phi) is 8.03. The van der Waals surface area contributed by atoms with Crippen LogP contribution < -0.4 is 0 Å². The van der Waals surface area contributed by atoms with Gasteiger partial charge in [-0.15, -0.1) is 0 Å². The highest BCUT2D eigenvalue weighted by molar-refractivity contribution is 6.66. The summed E-state index contributed by atoms with van der Waals surface area (Å²) in [5.41, 5.74) is 1.08. The van der Waals surface area contributed by atoms with Crippen molar-refractivity contribution >= 4 is 8.56 Å². The minimum atomic E-state index is -1.95. The molecule has 0 fully saturated rings. The Balaban J connectivity index is 2.23. The second kappa shape index (κ2) is 9.26. The lowest BCUT2D eigenvalue weighted by Gasteiger charge is -2.25. The fourth-order valence-electron chi connectivity index (χ4n) is 2.44. The molecule has 0 amide bonds. The molecule has 1 aromatic carbocycles. The fraction of sp³-hybridized carbons (Fsp3) is 0.625. The average Bonchev–Trinajstić information content (AvgIpc) is 2.39. The first-order chi connectivity index (χ1) is 9.59. The van der Waals surface area contributed by atoms with Gasteiger partial charge in [0.1, 0.15) is 5.82 Å². The minimum Gasteiger partial charge on any atom is -0.395 e. The van der Waals surface area contributed by atoms with Crippen molar-refractivity contribution in [1.82, 2.24) is 0 Å². The standard InChI is InChI=1S/C16H27FO2Si/c1-4-18-20(3,19-5-2)13-8-6-7-10-15-11-9-12-16(17)14-15/h9,11-12,14H,4-8,10,13H2,1-3H3. The molecule has 0 aromatic heterocycles. The van der Waals surface area contributed by atoms with Gasteiger partial charge >= 0.3 is 8.56 Å². The molecule has 0 saturated heterocycles. The summed E-state index contributed by atoms with van der Waals surface area (Å²) in [5, 5.41) is 0. The summed E-state index contributed by atoms with van der Waals surface area (Å²) < 4.78 is 24.7. The molecule has 0 heterocycles. The molecule has 0 spiro atoms. The number of aryl methyl sites for hydroxylation is 1. The third-order valence-electron chi connectivity index (χ3n) is 3.38. The van der Waals surface area contributed by atoms with Crippen LogP contribution in [0.15, 0.2) is 24.3 Å². The van der Waals surface area contributed by atoms with E-state index >= 15 is 0 Å². The topological polar surface area (TPSA) is 18.5 Å². The molecule has 0 N–H and O–H groups in total. The van der Waals surface area contributed by atoms with Gasteiger partial charge in [-0.05, 0) is 57.0 Å². The van der Waals surface area contributed by atoms with Gasteiger partial charge in [-0.3, -0.25) is 0 Å². The van der Waals surface area contributed by atoms with E-state index in [1.165, 1.54) is 6.07 Å². The number of unbranched alkanes of at least 4 members (excludes halogenated alkanes) is 2. The van der Waals surface area contributed by atoms with Gasteiger partial charge in [0.2, 0.25) is 0 Å². The summed E-state index contributed by atoms with van der Waals surface area (Å²) in [4.78, 5) is 0. The van der Waals surface area contributed by atoms with Gasteiger partial charge < -0.3 is 8.85 Å². The fourth-order valence-corrected chi connectivity index (χ4v) is 4.93. The third-order valence-corrected chi connectivity index (χ3v) is 6.45. The lowest BCUT2D eigenvalue weighted by molar-refractivity contribution is 0.188. The van der Waals surface area contributed by atoms with Crippen LogP contribution in [0.3, 0.4) is 0 Å². The Hall–Kier alpha value is -0.713. The van der Waals surface area contributed by atoms with Gasteiger partial charge in [0.15, 0.2) is 0 Å². The van der Waals surface area contributed by atoms with E-state index in [1.54, 1.807) is 12.1 Å². The Morgan fingerprint density at radius 3 is 2.35 bits per heavy atom. The zero-order valence-corrected chi connectivity index (χ0v) is 14.0. The van der Waals surface area contributed by atoms with Crippen molar-refractivity contribution < 1.29 is 13.2 Å². The van der Waals surface area contributed by atoms with Crippen LogP contribution in [0.2, 0.25) is 12.6 Å². The molecule has 0 unspecified atom stereocenters. The number of benzene rings is 1. The lowest BCUT2D eigenvalue weighted by Crippen LogP contribution is -2.38. The van der Waals surface area contributed by atoms with E-state index in [2.05, 4.69) is 6.55 Å². The van der Waals surface area contributed by atoms with Crippen LogP contribution in [0.1, 0.15) is 38.7 Å². The highest BCUT2D eigenvalue weighted by Crippen LogP contribution is 2.18. The van der Waals surface area contributed by atoms with Gasteiger partial charge in [0.25, 0.3) is 0 Å². The van der Waals surface area contributed by atoms with E-state index in [1.807, 2.05) is 19.9 Å². The van der Waals surface area contributed by atoms with Gasteiger partial charge in [-0.2, -0.15) is 0 Å². The Bertz CT molecular complexity index is 378. The van der Waals surface area contributed by atoms with Crippen molar-refractivity contribution in [2.75, 3.05) is 13.2 Å². The summed E-state index contributed by atoms with van der Waals surface area (Å²) in [7, 11) is -1.95. The molecular formula is C16H27FO2Si. The lowest BCUT2D eigenvalue weighted by atomic mass is 10.1. The second-order valence-corrected chi connectivity index (χ2v) is 8.54. The van der Waals surface area contributed by atoms with Crippen molar-refractivity contribution in [3.8, 4) is 0 Å². The van der Waals surface area contributed by atoms with Gasteiger partial charge in [0.05, 0.1) is 0 Å². The van der Waals surface area contributed by atoms with Gasteiger partial charge in [-0.1, -0.05) is 25.0 Å². The van der Waals surface area contributed by atoms with E-state index in [-0.39, 0.29) is 5.82 Å². The predicted molar refractivity (Wildman–Crippen MR) is 83.6 cm³/mol. The van der Waals surface area contributed by atoms with Crippen LogP contribution in [0.5, 0.6) is 0 Å². The molecule has 4 heteroatoms. The minimum absolute atomic E-state index is 0.143. The molecule has 0 aliphatic heterocycles. The van der Waals surface area contributed by atoms with Crippen molar-refractivity contribution in [2.24, 2.45) is 0 Å². The highest BCUT2D eigenvalue weighted by Gasteiger charge is 2.29.